The van der Waals surface area contributed by atoms with Gasteiger partial charge in [0.15, 0.2) is 11.8 Å². The van der Waals surface area contributed by atoms with Gasteiger partial charge in [0.1, 0.15) is 0 Å². The lowest BCUT2D eigenvalue weighted by Crippen LogP contribution is -2.49. The summed E-state index contributed by atoms with van der Waals surface area (Å²) in [5.74, 6) is -0.686. The van der Waals surface area contributed by atoms with Gasteiger partial charge >= 0.3 is 5.97 Å². The predicted octanol–water partition coefficient (Wildman–Crippen LogP) is 3.39. The fraction of sp³-hybridized carbons (Fsp3) is 0.222. The van der Waals surface area contributed by atoms with Crippen molar-refractivity contribution in [2.75, 3.05) is 12.0 Å². The Kier molecular flexibility index (Phi) is 4.48. The number of benzene rings is 2. The molecular formula is C18H16BrNO3. The van der Waals surface area contributed by atoms with Crippen molar-refractivity contribution >= 4 is 39.1 Å². The highest BCUT2D eigenvalue weighted by Gasteiger charge is 2.39. The maximum atomic E-state index is 12.6. The summed E-state index contributed by atoms with van der Waals surface area (Å²) < 4.78 is 4.86. The molecule has 1 aliphatic heterocycles. The number of hydrogen-bond donors (Lipinski definition) is 0. The van der Waals surface area contributed by atoms with Crippen LogP contribution < -0.4 is 4.90 Å². The van der Waals surface area contributed by atoms with Gasteiger partial charge in [0.25, 0.3) is 0 Å². The van der Waals surface area contributed by atoms with E-state index in [4.69, 9.17) is 4.74 Å². The monoisotopic (exact) mass is 373 g/mol. The molecule has 0 saturated carbocycles. The smallest absolute Gasteiger partial charge is 0.336 e. The molecule has 1 heterocycles. The molecule has 0 N–H and O–H groups in total. The standard InChI is InChI=1S/C18H16BrNO3/c1-23-18(22)17-16(21)10-13-9-12(11-19)7-8-15(13)20(17)14-5-3-2-4-6-14/h2-9,17H,10-11H2,1H3. The minimum Gasteiger partial charge on any atom is -0.467 e. The van der Waals surface area contributed by atoms with E-state index in [9.17, 15) is 9.59 Å². The quantitative estimate of drug-likeness (QED) is 0.470. The van der Waals surface area contributed by atoms with E-state index in [1.807, 2.05) is 48.5 Å². The minimum absolute atomic E-state index is 0.153. The summed E-state index contributed by atoms with van der Waals surface area (Å²) in [6.07, 6.45) is 0.235. The molecular weight excluding hydrogens is 358 g/mol. The summed E-state index contributed by atoms with van der Waals surface area (Å²) in [5, 5.41) is 0.722. The first-order valence-corrected chi connectivity index (χ1v) is 8.40. The summed E-state index contributed by atoms with van der Waals surface area (Å²) in [4.78, 5) is 26.6. The van der Waals surface area contributed by atoms with Crippen molar-refractivity contribution in [1.29, 1.82) is 0 Å². The van der Waals surface area contributed by atoms with Crippen molar-refractivity contribution in [3.8, 4) is 0 Å². The predicted molar refractivity (Wildman–Crippen MR) is 92.2 cm³/mol. The van der Waals surface area contributed by atoms with Gasteiger partial charge in [-0.15, -0.1) is 0 Å². The van der Waals surface area contributed by atoms with E-state index >= 15 is 0 Å². The van der Waals surface area contributed by atoms with E-state index in [1.54, 1.807) is 4.90 Å². The van der Waals surface area contributed by atoms with Crippen LogP contribution in [0, 0.1) is 0 Å². The van der Waals surface area contributed by atoms with E-state index in [0.29, 0.717) is 0 Å². The molecule has 23 heavy (non-hydrogen) atoms. The van der Waals surface area contributed by atoms with Crippen molar-refractivity contribution in [3.05, 3.63) is 59.7 Å². The van der Waals surface area contributed by atoms with Crippen LogP contribution in [0.2, 0.25) is 0 Å². The molecule has 5 heteroatoms. The summed E-state index contributed by atoms with van der Waals surface area (Å²) in [6.45, 7) is 0. The van der Waals surface area contributed by atoms with Crippen molar-refractivity contribution in [3.63, 3.8) is 0 Å². The zero-order valence-electron chi connectivity index (χ0n) is 12.7. The van der Waals surface area contributed by atoms with Gasteiger partial charge in [0.2, 0.25) is 0 Å². The lowest BCUT2D eigenvalue weighted by molar-refractivity contribution is -0.145. The second-order valence-electron chi connectivity index (χ2n) is 5.37. The number of hydrogen-bond acceptors (Lipinski definition) is 4. The number of Topliss-reactive ketones (excluding diaryl/α,β-unsaturated/α-hetero) is 1. The largest absolute Gasteiger partial charge is 0.467 e. The van der Waals surface area contributed by atoms with Crippen LogP contribution in [0.5, 0.6) is 0 Å². The van der Waals surface area contributed by atoms with Gasteiger partial charge < -0.3 is 9.64 Å². The van der Waals surface area contributed by atoms with E-state index < -0.39 is 12.0 Å². The second kappa shape index (κ2) is 6.54. The van der Waals surface area contributed by atoms with E-state index in [2.05, 4.69) is 15.9 Å². The number of carbonyl (C=O) groups is 2. The van der Waals surface area contributed by atoms with Crippen LogP contribution in [0.4, 0.5) is 11.4 Å². The number of nitrogens with zero attached hydrogens (tertiary/aromatic N) is 1. The van der Waals surface area contributed by atoms with Crippen LogP contribution in [0.15, 0.2) is 48.5 Å². The Morgan fingerprint density at radius 3 is 2.65 bits per heavy atom. The van der Waals surface area contributed by atoms with Crippen LogP contribution in [0.1, 0.15) is 11.1 Å². The van der Waals surface area contributed by atoms with Gasteiger partial charge in [-0.05, 0) is 29.3 Å². The SMILES string of the molecule is COC(=O)C1C(=O)Cc2cc(CBr)ccc2N1c1ccccc1. The van der Waals surface area contributed by atoms with Crippen LogP contribution in [0.3, 0.4) is 0 Å². The van der Waals surface area contributed by atoms with Crippen LogP contribution in [-0.2, 0) is 26.1 Å². The maximum absolute atomic E-state index is 12.6. The van der Waals surface area contributed by atoms with Crippen molar-refractivity contribution in [2.45, 2.75) is 17.8 Å². The number of anilines is 2. The number of carbonyl (C=O) groups excluding carboxylic acids is 2. The number of ketones is 1. The number of para-hydroxylation sites is 1. The Labute approximate surface area is 143 Å². The number of ether oxygens (including phenoxy) is 1. The third-order valence-electron chi connectivity index (χ3n) is 3.94. The number of methoxy groups -OCH3 is 1. The molecule has 3 rings (SSSR count). The third-order valence-corrected chi connectivity index (χ3v) is 4.59. The van der Waals surface area contributed by atoms with Gasteiger partial charge in [0.05, 0.1) is 7.11 Å². The lowest BCUT2D eigenvalue weighted by atomic mass is 9.92. The molecule has 2 aromatic carbocycles. The zero-order valence-corrected chi connectivity index (χ0v) is 14.2. The molecule has 2 aromatic rings. The molecule has 4 nitrogen and oxygen atoms in total. The molecule has 0 radical (unpaired) electrons. The Morgan fingerprint density at radius 1 is 1.26 bits per heavy atom. The molecule has 0 bridgehead atoms. The van der Waals surface area contributed by atoms with E-state index in [1.165, 1.54) is 7.11 Å². The summed E-state index contributed by atoms with van der Waals surface area (Å²) in [6, 6.07) is 14.5. The fourth-order valence-electron chi connectivity index (χ4n) is 2.89. The fourth-order valence-corrected chi connectivity index (χ4v) is 3.24. The first-order valence-electron chi connectivity index (χ1n) is 7.28. The molecule has 0 fully saturated rings. The average molecular weight is 374 g/mol. The number of fused-ring (bicyclic) bond motifs is 1. The minimum atomic E-state index is -0.940. The highest BCUT2D eigenvalue weighted by Crippen LogP contribution is 2.36. The average Bonchev–Trinajstić information content (AvgIpc) is 2.60. The molecule has 0 saturated heterocycles. The number of rotatable bonds is 3. The molecule has 0 aliphatic carbocycles. The van der Waals surface area contributed by atoms with Crippen molar-refractivity contribution < 1.29 is 14.3 Å². The summed E-state index contributed by atoms with van der Waals surface area (Å²) in [7, 11) is 1.31. The molecule has 1 unspecified atom stereocenters. The molecule has 0 amide bonds. The molecule has 118 valence electrons. The highest BCUT2D eigenvalue weighted by molar-refractivity contribution is 9.08. The van der Waals surface area contributed by atoms with Crippen molar-refractivity contribution in [2.24, 2.45) is 0 Å². The zero-order chi connectivity index (χ0) is 16.4. The summed E-state index contributed by atoms with van der Waals surface area (Å²) >= 11 is 3.43. The maximum Gasteiger partial charge on any atom is 0.336 e. The Bertz CT molecular complexity index is 745. The Hall–Kier alpha value is -2.14. The topological polar surface area (TPSA) is 46.6 Å². The first kappa shape index (κ1) is 15.7. The number of esters is 1. The molecule has 0 spiro atoms. The molecule has 1 atom stereocenters. The Morgan fingerprint density at radius 2 is 2.00 bits per heavy atom. The number of alkyl halides is 1. The van der Waals surface area contributed by atoms with Gasteiger partial charge in [-0.2, -0.15) is 0 Å². The van der Waals surface area contributed by atoms with Gasteiger partial charge in [-0.3, -0.25) is 4.79 Å². The Balaban J connectivity index is 2.17. The normalized spacial score (nSPS) is 16.9. The molecule has 0 aromatic heterocycles. The lowest BCUT2D eigenvalue weighted by Gasteiger charge is -2.36. The number of halogens is 1. The second-order valence-corrected chi connectivity index (χ2v) is 5.93. The van der Waals surface area contributed by atoms with Crippen LogP contribution >= 0.6 is 15.9 Å². The van der Waals surface area contributed by atoms with Gasteiger partial charge in [-0.25, -0.2) is 4.79 Å². The van der Waals surface area contributed by atoms with E-state index in [0.717, 1.165) is 27.8 Å². The third kappa shape index (κ3) is 2.88. The summed E-state index contributed by atoms with van der Waals surface area (Å²) in [5.41, 5.74) is 3.69. The highest BCUT2D eigenvalue weighted by atomic mass is 79.9. The van der Waals surface area contributed by atoms with Crippen LogP contribution in [-0.4, -0.2) is 24.9 Å². The van der Waals surface area contributed by atoms with Gasteiger partial charge in [0, 0.05) is 23.1 Å². The first-order chi connectivity index (χ1) is 11.2. The van der Waals surface area contributed by atoms with E-state index in [-0.39, 0.29) is 12.2 Å². The molecule has 1 aliphatic rings. The van der Waals surface area contributed by atoms with Crippen molar-refractivity contribution in [1.82, 2.24) is 0 Å². The van der Waals surface area contributed by atoms with Crippen LogP contribution in [0.25, 0.3) is 0 Å². The van der Waals surface area contributed by atoms with Gasteiger partial charge in [-0.1, -0.05) is 46.3 Å².